The van der Waals surface area contributed by atoms with Gasteiger partial charge in [0.05, 0.1) is 0 Å². The first kappa shape index (κ1) is 14.6. The summed E-state index contributed by atoms with van der Waals surface area (Å²) in [5.74, 6) is 0.402. The van der Waals surface area contributed by atoms with Crippen LogP contribution in [0.5, 0.6) is 5.75 Å². The van der Waals surface area contributed by atoms with Crippen LogP contribution >= 0.6 is 0 Å². The molecule has 0 bridgehead atoms. The third-order valence-corrected chi connectivity index (χ3v) is 3.63. The average Bonchev–Trinajstić information content (AvgIpc) is 3.29. The molecule has 1 heterocycles. The molecule has 0 spiro atoms. The molecule has 1 saturated carbocycles. The molecule has 1 aromatic heterocycles. The number of hydrogen-bond acceptors (Lipinski definition) is 4. The van der Waals surface area contributed by atoms with Gasteiger partial charge in [0.1, 0.15) is 11.3 Å². The zero-order chi connectivity index (χ0) is 15.5. The molecule has 0 atom stereocenters. The van der Waals surface area contributed by atoms with Crippen LogP contribution < -0.4 is 15.7 Å². The van der Waals surface area contributed by atoms with Crippen molar-refractivity contribution in [3.8, 4) is 5.75 Å². The first-order chi connectivity index (χ1) is 10.7. The molecule has 1 aromatic carbocycles. The van der Waals surface area contributed by atoms with Gasteiger partial charge in [0.15, 0.2) is 6.61 Å². The molecule has 1 aliphatic rings. The lowest BCUT2D eigenvalue weighted by atomic mass is 10.1. The first-order valence-electron chi connectivity index (χ1n) is 7.64. The minimum Gasteiger partial charge on any atom is -0.484 e. The second-order valence-electron chi connectivity index (χ2n) is 5.63. The topological polar surface area (TPSA) is 68.5 Å². The number of rotatable bonds is 6. The third-order valence-electron chi connectivity index (χ3n) is 3.63. The minimum atomic E-state index is -0.362. The summed E-state index contributed by atoms with van der Waals surface area (Å²) in [6.45, 7) is 2.04. The van der Waals surface area contributed by atoms with Gasteiger partial charge in [-0.25, -0.2) is 4.79 Å². The molecule has 1 amide bonds. The van der Waals surface area contributed by atoms with Crippen LogP contribution in [0.1, 0.15) is 31.7 Å². The van der Waals surface area contributed by atoms with Gasteiger partial charge in [-0.05, 0) is 37.0 Å². The molecule has 0 radical (unpaired) electrons. The maximum Gasteiger partial charge on any atom is 0.336 e. The number of hydrogen-bond donors (Lipinski definition) is 1. The third kappa shape index (κ3) is 3.47. The van der Waals surface area contributed by atoms with E-state index in [0.29, 0.717) is 17.4 Å². The quantitative estimate of drug-likeness (QED) is 0.832. The Morgan fingerprint density at radius 2 is 2.18 bits per heavy atom. The summed E-state index contributed by atoms with van der Waals surface area (Å²) < 4.78 is 10.7. The smallest absolute Gasteiger partial charge is 0.336 e. The van der Waals surface area contributed by atoms with Gasteiger partial charge in [0, 0.05) is 23.6 Å². The Kier molecular flexibility index (Phi) is 4.13. The lowest BCUT2D eigenvalue weighted by molar-refractivity contribution is -0.123. The molecule has 1 N–H and O–H groups in total. The number of ether oxygens (including phenoxy) is 1. The maximum absolute atomic E-state index is 11.6. The highest BCUT2D eigenvalue weighted by Crippen LogP contribution is 2.23. The van der Waals surface area contributed by atoms with E-state index < -0.39 is 0 Å². The molecule has 0 unspecified atom stereocenters. The monoisotopic (exact) mass is 301 g/mol. The summed E-state index contributed by atoms with van der Waals surface area (Å²) in [5.41, 5.74) is 1.11. The highest BCUT2D eigenvalue weighted by Gasteiger charge is 2.23. The lowest BCUT2D eigenvalue weighted by Crippen LogP contribution is -2.30. The number of fused-ring (bicyclic) bond motifs is 1. The van der Waals surface area contributed by atoms with Crippen LogP contribution in [0.15, 0.2) is 33.5 Å². The van der Waals surface area contributed by atoms with Crippen molar-refractivity contribution in [2.45, 2.75) is 38.6 Å². The largest absolute Gasteiger partial charge is 0.484 e. The van der Waals surface area contributed by atoms with Gasteiger partial charge in [-0.15, -0.1) is 0 Å². The van der Waals surface area contributed by atoms with Crippen molar-refractivity contribution in [1.82, 2.24) is 5.32 Å². The molecule has 5 nitrogen and oxygen atoms in total. The van der Waals surface area contributed by atoms with Crippen LogP contribution in [0.2, 0.25) is 0 Å². The number of benzene rings is 1. The van der Waals surface area contributed by atoms with Crippen LogP contribution in [0, 0.1) is 0 Å². The van der Waals surface area contributed by atoms with Crippen LogP contribution in [0.25, 0.3) is 11.0 Å². The highest BCUT2D eigenvalue weighted by molar-refractivity contribution is 5.82. The second kappa shape index (κ2) is 6.22. The van der Waals surface area contributed by atoms with Crippen LogP contribution in [-0.2, 0) is 11.2 Å². The molecule has 1 aliphatic carbocycles. The van der Waals surface area contributed by atoms with E-state index in [2.05, 4.69) is 12.2 Å². The van der Waals surface area contributed by atoms with Crippen molar-refractivity contribution in [3.05, 3.63) is 40.2 Å². The van der Waals surface area contributed by atoms with Gasteiger partial charge < -0.3 is 14.5 Å². The summed E-state index contributed by atoms with van der Waals surface area (Å²) in [7, 11) is 0. The molecule has 0 saturated heterocycles. The number of carbonyl (C=O) groups is 1. The second-order valence-corrected chi connectivity index (χ2v) is 5.63. The predicted octanol–water partition coefficient (Wildman–Crippen LogP) is 2.40. The fourth-order valence-corrected chi connectivity index (χ4v) is 2.42. The van der Waals surface area contributed by atoms with E-state index in [1.165, 1.54) is 6.07 Å². The number of aryl methyl sites for hydroxylation is 1. The normalized spacial score (nSPS) is 14.0. The molecular weight excluding hydrogens is 282 g/mol. The Bertz CT molecular complexity index is 746. The maximum atomic E-state index is 11.6. The van der Waals surface area contributed by atoms with Gasteiger partial charge in [0.25, 0.3) is 5.91 Å². The standard InChI is InChI=1S/C17H19NO4/c1-2-3-11-8-17(20)22-15-9-13(6-7-14(11)15)21-10-16(19)18-12-4-5-12/h6-9,12H,2-5,10H2,1H3,(H,18,19). The Balaban J connectivity index is 1.76. The molecule has 2 aromatic rings. The molecule has 5 heteroatoms. The van der Waals surface area contributed by atoms with E-state index in [9.17, 15) is 9.59 Å². The van der Waals surface area contributed by atoms with Gasteiger partial charge in [-0.1, -0.05) is 13.3 Å². The van der Waals surface area contributed by atoms with Gasteiger partial charge in [-0.2, -0.15) is 0 Å². The zero-order valence-corrected chi connectivity index (χ0v) is 12.6. The Hall–Kier alpha value is -2.30. The fraction of sp³-hybridized carbons (Fsp3) is 0.412. The first-order valence-corrected chi connectivity index (χ1v) is 7.64. The van der Waals surface area contributed by atoms with E-state index in [1.807, 2.05) is 6.07 Å². The average molecular weight is 301 g/mol. The number of amides is 1. The lowest BCUT2D eigenvalue weighted by Gasteiger charge is -2.08. The Labute approximate surface area is 128 Å². The van der Waals surface area contributed by atoms with Gasteiger partial charge in [-0.3, -0.25) is 4.79 Å². The van der Waals surface area contributed by atoms with Crippen molar-refractivity contribution in [3.63, 3.8) is 0 Å². The summed E-state index contributed by atoms with van der Waals surface area (Å²) in [6.07, 6.45) is 3.88. The minimum absolute atomic E-state index is 0.0269. The summed E-state index contributed by atoms with van der Waals surface area (Å²) in [4.78, 5) is 23.2. The Morgan fingerprint density at radius 3 is 2.91 bits per heavy atom. The molecule has 0 aliphatic heterocycles. The number of nitrogens with one attached hydrogen (secondary N) is 1. The fourth-order valence-electron chi connectivity index (χ4n) is 2.42. The molecule has 1 fully saturated rings. The SMILES string of the molecule is CCCc1cc(=O)oc2cc(OCC(=O)NC3CC3)ccc12. The molecular formula is C17H19NO4. The zero-order valence-electron chi connectivity index (χ0n) is 12.6. The molecule has 116 valence electrons. The van der Waals surface area contributed by atoms with Crippen LogP contribution in [0.4, 0.5) is 0 Å². The predicted molar refractivity (Wildman–Crippen MR) is 83.1 cm³/mol. The van der Waals surface area contributed by atoms with Crippen LogP contribution in [0.3, 0.4) is 0 Å². The van der Waals surface area contributed by atoms with Crippen LogP contribution in [-0.4, -0.2) is 18.6 Å². The van der Waals surface area contributed by atoms with Gasteiger partial charge in [0.2, 0.25) is 0 Å². The molecule has 3 rings (SSSR count). The highest BCUT2D eigenvalue weighted by atomic mass is 16.5. The molecule has 22 heavy (non-hydrogen) atoms. The van der Waals surface area contributed by atoms with E-state index in [0.717, 1.165) is 36.6 Å². The summed E-state index contributed by atoms with van der Waals surface area (Å²) >= 11 is 0. The van der Waals surface area contributed by atoms with E-state index in [1.54, 1.807) is 12.1 Å². The van der Waals surface area contributed by atoms with E-state index in [4.69, 9.17) is 9.15 Å². The summed E-state index contributed by atoms with van der Waals surface area (Å²) in [6, 6.07) is 7.20. The van der Waals surface area contributed by atoms with Crippen molar-refractivity contribution in [2.75, 3.05) is 6.61 Å². The Morgan fingerprint density at radius 1 is 1.36 bits per heavy atom. The van der Waals surface area contributed by atoms with E-state index in [-0.39, 0.29) is 18.1 Å². The van der Waals surface area contributed by atoms with Crippen molar-refractivity contribution >= 4 is 16.9 Å². The van der Waals surface area contributed by atoms with Crippen molar-refractivity contribution in [1.29, 1.82) is 0 Å². The number of carbonyl (C=O) groups excluding carboxylic acids is 1. The van der Waals surface area contributed by atoms with Gasteiger partial charge >= 0.3 is 5.63 Å². The van der Waals surface area contributed by atoms with Crippen molar-refractivity contribution in [2.24, 2.45) is 0 Å². The summed E-state index contributed by atoms with van der Waals surface area (Å²) in [5, 5.41) is 3.77. The van der Waals surface area contributed by atoms with Crippen molar-refractivity contribution < 1.29 is 13.9 Å². The van der Waals surface area contributed by atoms with E-state index >= 15 is 0 Å².